The zero-order valence-corrected chi connectivity index (χ0v) is 9.27. The number of fused-ring (bicyclic) bond motifs is 1. The molecule has 0 bridgehead atoms. The third kappa shape index (κ3) is 2.59. The van der Waals surface area contributed by atoms with E-state index in [1.807, 2.05) is 6.07 Å². The first-order valence-electron chi connectivity index (χ1n) is 5.24. The van der Waals surface area contributed by atoms with Gasteiger partial charge in [0.05, 0.1) is 0 Å². The molecule has 1 aliphatic rings. The van der Waals surface area contributed by atoms with Crippen LogP contribution in [-0.4, -0.2) is 25.9 Å². The lowest BCUT2D eigenvalue weighted by molar-refractivity contribution is -0.119. The second-order valence-corrected chi connectivity index (χ2v) is 3.61. The molecule has 1 heterocycles. The first-order chi connectivity index (χ1) is 8.20. The molecule has 1 amide bonds. The van der Waals surface area contributed by atoms with Gasteiger partial charge in [-0.3, -0.25) is 4.79 Å². The van der Waals surface area contributed by atoms with Crippen molar-refractivity contribution in [1.82, 2.24) is 0 Å². The van der Waals surface area contributed by atoms with Crippen LogP contribution in [0.4, 0.5) is 0 Å². The lowest BCUT2D eigenvalue weighted by atomic mass is 10.1. The van der Waals surface area contributed by atoms with Crippen LogP contribution in [-0.2, 0) is 11.2 Å². The molecule has 2 rings (SSSR count). The van der Waals surface area contributed by atoms with Crippen molar-refractivity contribution in [2.45, 2.75) is 6.42 Å². The Labute approximate surface area is 98.4 Å². The third-order valence-corrected chi connectivity index (χ3v) is 2.34. The number of carbonyl (C=O) groups excluding carboxylic acids is 1. The molecule has 6 heteroatoms. The zero-order chi connectivity index (χ0) is 12.3. The van der Waals surface area contributed by atoms with Gasteiger partial charge in [-0.1, -0.05) is 0 Å². The van der Waals surface area contributed by atoms with Gasteiger partial charge in [0.2, 0.25) is 6.79 Å². The SMILES string of the molecule is NCCc1cc2c(cc1OCC(N)=O)OCO2. The fourth-order valence-electron chi connectivity index (χ4n) is 1.60. The first-order valence-corrected chi connectivity index (χ1v) is 5.24. The zero-order valence-electron chi connectivity index (χ0n) is 9.27. The van der Waals surface area contributed by atoms with E-state index in [-0.39, 0.29) is 13.4 Å². The predicted molar refractivity (Wildman–Crippen MR) is 60.0 cm³/mol. The molecule has 0 saturated carbocycles. The topological polar surface area (TPSA) is 96.8 Å². The summed E-state index contributed by atoms with van der Waals surface area (Å²) < 4.78 is 15.8. The smallest absolute Gasteiger partial charge is 0.255 e. The fraction of sp³-hybridized carbons (Fsp3) is 0.364. The van der Waals surface area contributed by atoms with Gasteiger partial charge in [-0.15, -0.1) is 0 Å². The Bertz CT molecular complexity index is 434. The minimum absolute atomic E-state index is 0.169. The van der Waals surface area contributed by atoms with E-state index >= 15 is 0 Å². The number of amides is 1. The largest absolute Gasteiger partial charge is 0.483 e. The Balaban J connectivity index is 2.24. The highest BCUT2D eigenvalue weighted by atomic mass is 16.7. The number of ether oxygens (including phenoxy) is 3. The Morgan fingerprint density at radius 1 is 1.35 bits per heavy atom. The number of hydrogen-bond acceptors (Lipinski definition) is 5. The van der Waals surface area contributed by atoms with Crippen molar-refractivity contribution in [1.29, 1.82) is 0 Å². The lowest BCUT2D eigenvalue weighted by Crippen LogP contribution is -2.20. The van der Waals surface area contributed by atoms with Crippen LogP contribution in [0.25, 0.3) is 0 Å². The van der Waals surface area contributed by atoms with E-state index in [2.05, 4.69) is 0 Å². The summed E-state index contributed by atoms with van der Waals surface area (Å²) in [6.07, 6.45) is 0.630. The minimum Gasteiger partial charge on any atom is -0.483 e. The molecular formula is C11H14N2O4. The summed E-state index contributed by atoms with van der Waals surface area (Å²) in [5.41, 5.74) is 11.4. The molecule has 0 unspecified atom stereocenters. The van der Waals surface area contributed by atoms with E-state index in [1.54, 1.807) is 6.07 Å². The Morgan fingerprint density at radius 2 is 2.06 bits per heavy atom. The van der Waals surface area contributed by atoms with Gasteiger partial charge < -0.3 is 25.7 Å². The van der Waals surface area contributed by atoms with Crippen LogP contribution in [0.15, 0.2) is 12.1 Å². The number of primary amides is 1. The van der Waals surface area contributed by atoms with Crippen molar-refractivity contribution < 1.29 is 19.0 Å². The summed E-state index contributed by atoms with van der Waals surface area (Å²) in [6, 6.07) is 3.50. The highest BCUT2D eigenvalue weighted by Gasteiger charge is 2.18. The predicted octanol–water partition coefficient (Wildman–Crippen LogP) is -0.219. The Kier molecular flexibility index (Phi) is 3.34. The van der Waals surface area contributed by atoms with Gasteiger partial charge in [-0.2, -0.15) is 0 Å². The molecule has 0 aliphatic carbocycles. The Morgan fingerprint density at radius 3 is 2.71 bits per heavy atom. The van der Waals surface area contributed by atoms with E-state index in [9.17, 15) is 4.79 Å². The van der Waals surface area contributed by atoms with Crippen LogP contribution in [0.1, 0.15) is 5.56 Å². The van der Waals surface area contributed by atoms with Crippen molar-refractivity contribution in [3.63, 3.8) is 0 Å². The standard InChI is InChI=1S/C11H14N2O4/c12-2-1-7-3-9-10(17-6-16-9)4-8(7)15-5-11(13)14/h3-4H,1-2,5-6,12H2,(H2,13,14). The van der Waals surface area contributed by atoms with E-state index in [0.29, 0.717) is 30.2 Å². The van der Waals surface area contributed by atoms with Gasteiger partial charge in [0.1, 0.15) is 5.75 Å². The van der Waals surface area contributed by atoms with Crippen molar-refractivity contribution in [3.8, 4) is 17.2 Å². The second-order valence-electron chi connectivity index (χ2n) is 3.61. The molecular weight excluding hydrogens is 224 g/mol. The molecule has 1 aromatic carbocycles. The quantitative estimate of drug-likeness (QED) is 0.739. The van der Waals surface area contributed by atoms with E-state index in [1.165, 1.54) is 0 Å². The lowest BCUT2D eigenvalue weighted by Gasteiger charge is -2.10. The first kappa shape index (κ1) is 11.5. The number of benzene rings is 1. The summed E-state index contributed by atoms with van der Waals surface area (Å²) in [7, 11) is 0. The summed E-state index contributed by atoms with van der Waals surface area (Å²) in [5, 5.41) is 0. The number of carbonyl (C=O) groups is 1. The van der Waals surface area contributed by atoms with Gasteiger partial charge >= 0.3 is 0 Å². The molecule has 1 aliphatic heterocycles. The van der Waals surface area contributed by atoms with Gasteiger partial charge in [0, 0.05) is 6.07 Å². The molecule has 4 N–H and O–H groups in total. The number of nitrogens with two attached hydrogens (primary N) is 2. The van der Waals surface area contributed by atoms with Crippen LogP contribution in [0.5, 0.6) is 17.2 Å². The maximum Gasteiger partial charge on any atom is 0.255 e. The monoisotopic (exact) mass is 238 g/mol. The minimum atomic E-state index is -0.527. The Hall–Kier alpha value is -1.95. The van der Waals surface area contributed by atoms with Crippen LogP contribution in [0.3, 0.4) is 0 Å². The van der Waals surface area contributed by atoms with Gasteiger partial charge in [-0.05, 0) is 24.6 Å². The number of rotatable bonds is 5. The summed E-state index contributed by atoms with van der Waals surface area (Å²) in [4.78, 5) is 10.7. The molecule has 6 nitrogen and oxygen atoms in total. The molecule has 92 valence electrons. The van der Waals surface area contributed by atoms with Gasteiger partial charge in [-0.25, -0.2) is 0 Å². The molecule has 0 atom stereocenters. The highest BCUT2D eigenvalue weighted by Crippen LogP contribution is 2.38. The van der Waals surface area contributed by atoms with Crippen molar-refractivity contribution >= 4 is 5.91 Å². The highest BCUT2D eigenvalue weighted by molar-refractivity contribution is 5.75. The van der Waals surface area contributed by atoms with Crippen molar-refractivity contribution in [3.05, 3.63) is 17.7 Å². The second kappa shape index (κ2) is 4.92. The van der Waals surface area contributed by atoms with E-state index in [4.69, 9.17) is 25.7 Å². The van der Waals surface area contributed by atoms with Crippen molar-refractivity contribution in [2.24, 2.45) is 11.5 Å². The number of hydrogen-bond donors (Lipinski definition) is 2. The van der Waals surface area contributed by atoms with Crippen LogP contribution >= 0.6 is 0 Å². The van der Waals surface area contributed by atoms with Gasteiger partial charge in [0.15, 0.2) is 18.1 Å². The van der Waals surface area contributed by atoms with Crippen LogP contribution in [0, 0.1) is 0 Å². The normalized spacial score (nSPS) is 12.5. The molecule has 0 aromatic heterocycles. The molecule has 0 spiro atoms. The molecule has 17 heavy (non-hydrogen) atoms. The molecule has 1 aromatic rings. The summed E-state index contributed by atoms with van der Waals surface area (Å²) in [6.45, 7) is 0.500. The van der Waals surface area contributed by atoms with Crippen LogP contribution in [0.2, 0.25) is 0 Å². The van der Waals surface area contributed by atoms with E-state index in [0.717, 1.165) is 5.56 Å². The fourth-order valence-corrected chi connectivity index (χ4v) is 1.60. The summed E-state index contributed by atoms with van der Waals surface area (Å²) >= 11 is 0. The van der Waals surface area contributed by atoms with E-state index < -0.39 is 5.91 Å². The van der Waals surface area contributed by atoms with Crippen molar-refractivity contribution in [2.75, 3.05) is 19.9 Å². The summed E-state index contributed by atoms with van der Waals surface area (Å²) in [5.74, 6) is 1.30. The maximum atomic E-state index is 10.7. The average Bonchev–Trinajstić information content (AvgIpc) is 2.73. The molecule has 0 fully saturated rings. The average molecular weight is 238 g/mol. The molecule has 0 radical (unpaired) electrons. The molecule has 0 saturated heterocycles. The third-order valence-electron chi connectivity index (χ3n) is 2.34. The van der Waals surface area contributed by atoms with Crippen LogP contribution < -0.4 is 25.7 Å². The van der Waals surface area contributed by atoms with Gasteiger partial charge in [0.25, 0.3) is 5.91 Å². The maximum absolute atomic E-state index is 10.7.